The number of amides is 1. The number of nitrogens with zero attached hydrogens (tertiary/aromatic N) is 1. The van der Waals surface area contributed by atoms with Gasteiger partial charge in [0, 0.05) is 6.42 Å². The zero-order valence-electron chi connectivity index (χ0n) is 11.0. The Hall–Kier alpha value is -1.13. The van der Waals surface area contributed by atoms with E-state index in [1.54, 1.807) is 27.7 Å². The van der Waals surface area contributed by atoms with Gasteiger partial charge in [-0.3, -0.25) is 9.69 Å². The highest BCUT2D eigenvalue weighted by molar-refractivity contribution is 5.90. The fourth-order valence-electron chi connectivity index (χ4n) is 1.93. The van der Waals surface area contributed by atoms with E-state index in [0.717, 1.165) is 0 Å². The van der Waals surface area contributed by atoms with Gasteiger partial charge in [0.1, 0.15) is 17.3 Å². The van der Waals surface area contributed by atoms with Gasteiger partial charge in [0.15, 0.2) is 5.78 Å². The van der Waals surface area contributed by atoms with Crippen LogP contribution in [0.5, 0.6) is 0 Å². The Morgan fingerprint density at radius 3 is 2.35 bits per heavy atom. The van der Waals surface area contributed by atoms with Crippen molar-refractivity contribution in [1.29, 1.82) is 0 Å². The highest BCUT2D eigenvalue weighted by atomic mass is 19.1. The molecule has 0 aromatic heterocycles. The standard InChI is InChI=1S/C12H20FNO3/c1-8(15)12(5)6-9(13)7-14(12)10(16)17-11(2,3)4/h9H,6-7H2,1-5H3/t9?,12-/m1/s1. The van der Waals surface area contributed by atoms with E-state index in [2.05, 4.69) is 0 Å². The van der Waals surface area contributed by atoms with E-state index < -0.39 is 23.4 Å². The Balaban J connectivity index is 2.88. The van der Waals surface area contributed by atoms with Crippen LogP contribution in [0.2, 0.25) is 0 Å². The van der Waals surface area contributed by atoms with Crippen LogP contribution in [0, 0.1) is 0 Å². The van der Waals surface area contributed by atoms with Gasteiger partial charge < -0.3 is 4.74 Å². The predicted molar refractivity (Wildman–Crippen MR) is 61.5 cm³/mol. The first kappa shape index (κ1) is 13.9. The number of hydrogen-bond acceptors (Lipinski definition) is 3. The van der Waals surface area contributed by atoms with Gasteiger partial charge in [-0.25, -0.2) is 9.18 Å². The lowest BCUT2D eigenvalue weighted by molar-refractivity contribution is -0.126. The summed E-state index contributed by atoms with van der Waals surface area (Å²) in [5, 5.41) is 0. The first-order valence-corrected chi connectivity index (χ1v) is 5.72. The van der Waals surface area contributed by atoms with Gasteiger partial charge in [-0.15, -0.1) is 0 Å². The van der Waals surface area contributed by atoms with Crippen molar-refractivity contribution >= 4 is 11.9 Å². The largest absolute Gasteiger partial charge is 0.444 e. The van der Waals surface area contributed by atoms with Crippen LogP contribution in [-0.2, 0) is 9.53 Å². The van der Waals surface area contributed by atoms with Crippen LogP contribution in [0.1, 0.15) is 41.0 Å². The number of hydrogen-bond donors (Lipinski definition) is 0. The van der Waals surface area contributed by atoms with E-state index in [0.29, 0.717) is 0 Å². The summed E-state index contributed by atoms with van der Waals surface area (Å²) in [5.74, 6) is -0.219. The van der Waals surface area contributed by atoms with Crippen LogP contribution in [0.25, 0.3) is 0 Å². The van der Waals surface area contributed by atoms with Gasteiger partial charge in [0.25, 0.3) is 0 Å². The summed E-state index contributed by atoms with van der Waals surface area (Å²) in [7, 11) is 0. The van der Waals surface area contributed by atoms with Crippen molar-refractivity contribution in [2.24, 2.45) is 0 Å². The van der Waals surface area contributed by atoms with Crippen molar-refractivity contribution in [2.45, 2.75) is 58.4 Å². The number of alkyl halides is 1. The van der Waals surface area contributed by atoms with E-state index in [4.69, 9.17) is 4.74 Å². The van der Waals surface area contributed by atoms with Crippen LogP contribution in [0.3, 0.4) is 0 Å². The molecule has 1 amide bonds. The third-order valence-corrected chi connectivity index (χ3v) is 2.97. The second-order valence-electron chi connectivity index (χ2n) is 5.72. The maximum absolute atomic E-state index is 13.4. The SMILES string of the molecule is CC(=O)[C@@]1(C)CC(F)CN1C(=O)OC(C)(C)C. The molecule has 0 aliphatic carbocycles. The molecule has 0 bridgehead atoms. The number of rotatable bonds is 1. The first-order chi connectivity index (χ1) is 7.56. The molecule has 0 spiro atoms. The Morgan fingerprint density at radius 1 is 1.41 bits per heavy atom. The van der Waals surface area contributed by atoms with Crippen molar-refractivity contribution in [1.82, 2.24) is 4.90 Å². The lowest BCUT2D eigenvalue weighted by atomic mass is 9.94. The molecule has 1 saturated heterocycles. The zero-order valence-corrected chi connectivity index (χ0v) is 11.0. The molecule has 1 fully saturated rings. The second-order valence-corrected chi connectivity index (χ2v) is 5.72. The van der Waals surface area contributed by atoms with Crippen LogP contribution in [0.15, 0.2) is 0 Å². The summed E-state index contributed by atoms with van der Waals surface area (Å²) >= 11 is 0. The second kappa shape index (κ2) is 4.27. The number of carbonyl (C=O) groups excluding carboxylic acids is 2. The maximum atomic E-state index is 13.4. The molecule has 0 saturated carbocycles. The molecule has 1 heterocycles. The fraction of sp³-hybridized carbons (Fsp3) is 0.833. The van der Waals surface area contributed by atoms with E-state index in [9.17, 15) is 14.0 Å². The van der Waals surface area contributed by atoms with E-state index in [1.165, 1.54) is 11.8 Å². The molecule has 2 atom stereocenters. The minimum atomic E-state index is -1.17. The lowest BCUT2D eigenvalue weighted by Crippen LogP contribution is -2.51. The quantitative estimate of drug-likeness (QED) is 0.712. The molecule has 1 aliphatic heterocycles. The molecular weight excluding hydrogens is 225 g/mol. The van der Waals surface area contributed by atoms with E-state index in [-0.39, 0.29) is 18.7 Å². The Labute approximate surface area is 101 Å². The highest BCUT2D eigenvalue weighted by Gasteiger charge is 2.49. The van der Waals surface area contributed by atoms with Crippen molar-refractivity contribution in [3.8, 4) is 0 Å². The van der Waals surface area contributed by atoms with E-state index >= 15 is 0 Å². The van der Waals surface area contributed by atoms with Gasteiger partial charge in [-0.05, 0) is 34.6 Å². The van der Waals surface area contributed by atoms with Crippen molar-refractivity contribution < 1.29 is 18.7 Å². The molecule has 1 aliphatic rings. The maximum Gasteiger partial charge on any atom is 0.411 e. The Kier molecular flexibility index (Phi) is 3.50. The molecule has 1 unspecified atom stereocenters. The summed E-state index contributed by atoms with van der Waals surface area (Å²) in [5.41, 5.74) is -1.73. The molecule has 5 heteroatoms. The molecule has 0 radical (unpaired) electrons. The van der Waals surface area contributed by atoms with Gasteiger partial charge in [-0.2, -0.15) is 0 Å². The number of carbonyl (C=O) groups is 2. The van der Waals surface area contributed by atoms with Gasteiger partial charge >= 0.3 is 6.09 Å². The average molecular weight is 245 g/mol. The third-order valence-electron chi connectivity index (χ3n) is 2.97. The molecule has 0 aromatic carbocycles. The summed E-state index contributed by atoms with van der Waals surface area (Å²) in [6.07, 6.45) is -1.76. The highest BCUT2D eigenvalue weighted by Crippen LogP contribution is 2.33. The average Bonchev–Trinajstić information content (AvgIpc) is 2.40. The molecule has 98 valence electrons. The lowest BCUT2D eigenvalue weighted by Gasteiger charge is -2.33. The molecule has 0 aromatic rings. The van der Waals surface area contributed by atoms with Crippen LogP contribution in [-0.4, -0.2) is 40.6 Å². The summed E-state index contributed by atoms with van der Waals surface area (Å²) in [6.45, 7) is 8.08. The van der Waals surface area contributed by atoms with Gasteiger partial charge in [0.2, 0.25) is 0 Å². The number of likely N-dealkylation sites (tertiary alicyclic amines) is 1. The third kappa shape index (κ3) is 2.96. The molecule has 1 rings (SSSR count). The van der Waals surface area contributed by atoms with Crippen LogP contribution in [0.4, 0.5) is 9.18 Å². The number of ketones is 1. The van der Waals surface area contributed by atoms with Crippen LogP contribution >= 0.6 is 0 Å². The van der Waals surface area contributed by atoms with Gasteiger partial charge in [0.05, 0.1) is 6.54 Å². The smallest absolute Gasteiger partial charge is 0.411 e. The number of Topliss-reactive ketones (excluding diaryl/α,β-unsaturated/α-hetero) is 1. The van der Waals surface area contributed by atoms with Crippen molar-refractivity contribution in [3.63, 3.8) is 0 Å². The number of ether oxygens (including phenoxy) is 1. The summed E-state index contributed by atoms with van der Waals surface area (Å²) in [6, 6.07) is 0. The minimum Gasteiger partial charge on any atom is -0.444 e. The normalized spacial score (nSPS) is 29.3. The molecule has 0 N–H and O–H groups in total. The summed E-state index contributed by atoms with van der Waals surface area (Å²) < 4.78 is 18.6. The monoisotopic (exact) mass is 245 g/mol. The molecule has 4 nitrogen and oxygen atoms in total. The Bertz CT molecular complexity index is 337. The van der Waals surface area contributed by atoms with E-state index in [1.807, 2.05) is 0 Å². The van der Waals surface area contributed by atoms with Crippen molar-refractivity contribution in [2.75, 3.05) is 6.54 Å². The Morgan fingerprint density at radius 2 is 1.94 bits per heavy atom. The van der Waals surface area contributed by atoms with Crippen molar-refractivity contribution in [3.05, 3.63) is 0 Å². The first-order valence-electron chi connectivity index (χ1n) is 5.72. The predicted octanol–water partition coefficient (Wildman–Crippen LogP) is 2.31. The molecular formula is C12H20FNO3. The topological polar surface area (TPSA) is 46.6 Å². The van der Waals surface area contributed by atoms with Gasteiger partial charge in [-0.1, -0.05) is 0 Å². The van der Waals surface area contributed by atoms with Crippen LogP contribution < -0.4 is 0 Å². The fourth-order valence-corrected chi connectivity index (χ4v) is 1.93. The number of halogens is 1. The zero-order chi connectivity index (χ0) is 13.4. The summed E-state index contributed by atoms with van der Waals surface area (Å²) in [4.78, 5) is 24.7. The molecule has 17 heavy (non-hydrogen) atoms. The minimum absolute atomic E-state index is 0.0432.